The number of nitrogens with one attached hydrogen (secondary N) is 1. The van der Waals surface area contributed by atoms with Gasteiger partial charge >= 0.3 is 0 Å². The summed E-state index contributed by atoms with van der Waals surface area (Å²) in [6.45, 7) is 7.63. The summed E-state index contributed by atoms with van der Waals surface area (Å²) in [5.41, 5.74) is 2.12. The molecule has 0 saturated carbocycles. The fourth-order valence-corrected chi connectivity index (χ4v) is 4.57. The molecule has 9 heteroatoms. The van der Waals surface area contributed by atoms with Gasteiger partial charge in [0.05, 0.1) is 12.2 Å². The summed E-state index contributed by atoms with van der Waals surface area (Å²) in [4.78, 5) is 22.5. The number of carbonyl (C=O) groups is 1. The lowest BCUT2D eigenvalue weighted by atomic mass is 10.1. The van der Waals surface area contributed by atoms with Crippen LogP contribution < -0.4 is 5.32 Å². The van der Waals surface area contributed by atoms with Gasteiger partial charge in [-0.2, -0.15) is 0 Å². The van der Waals surface area contributed by atoms with Crippen LogP contribution in [0.4, 0.5) is 5.82 Å². The number of hydrogen-bond acceptors (Lipinski definition) is 8. The zero-order valence-corrected chi connectivity index (χ0v) is 16.3. The highest BCUT2D eigenvalue weighted by molar-refractivity contribution is 8.01. The van der Waals surface area contributed by atoms with E-state index in [1.165, 1.54) is 0 Å². The molecule has 25 heavy (non-hydrogen) atoms. The van der Waals surface area contributed by atoms with E-state index in [2.05, 4.69) is 25.5 Å². The number of anilines is 1. The Kier molecular flexibility index (Phi) is 5.85. The van der Waals surface area contributed by atoms with E-state index in [9.17, 15) is 4.79 Å². The number of aromatic nitrogens is 4. The SMILES string of the molecule is CC(=O)N1CCc2c(nc(C)nc2NCCCSc2nnc(C)s2)C1. The van der Waals surface area contributed by atoms with Gasteiger partial charge < -0.3 is 10.2 Å². The van der Waals surface area contributed by atoms with Crippen LogP contribution in [0.25, 0.3) is 0 Å². The molecular formula is C16H22N6OS2. The lowest BCUT2D eigenvalue weighted by molar-refractivity contribution is -0.129. The Morgan fingerprint density at radius 2 is 2.16 bits per heavy atom. The minimum Gasteiger partial charge on any atom is -0.370 e. The summed E-state index contributed by atoms with van der Waals surface area (Å²) in [5, 5.41) is 12.6. The first-order chi connectivity index (χ1) is 12.0. The molecule has 0 bridgehead atoms. The van der Waals surface area contributed by atoms with Crippen molar-refractivity contribution in [2.75, 3.05) is 24.2 Å². The molecule has 2 aromatic heterocycles. The summed E-state index contributed by atoms with van der Waals surface area (Å²) >= 11 is 3.37. The molecule has 0 spiro atoms. The number of hydrogen-bond donors (Lipinski definition) is 1. The average molecular weight is 379 g/mol. The molecule has 0 fully saturated rings. The van der Waals surface area contributed by atoms with Crippen molar-refractivity contribution in [2.45, 2.75) is 44.5 Å². The van der Waals surface area contributed by atoms with Gasteiger partial charge in [-0.25, -0.2) is 9.97 Å². The molecule has 1 aliphatic heterocycles. The Morgan fingerprint density at radius 3 is 2.88 bits per heavy atom. The Morgan fingerprint density at radius 1 is 1.32 bits per heavy atom. The molecule has 3 heterocycles. The zero-order valence-electron chi connectivity index (χ0n) is 14.7. The van der Waals surface area contributed by atoms with Gasteiger partial charge in [0.1, 0.15) is 16.6 Å². The third-order valence-corrected chi connectivity index (χ3v) is 6.03. The molecule has 2 aromatic rings. The Labute approximate surface area is 155 Å². The topological polar surface area (TPSA) is 83.9 Å². The monoisotopic (exact) mass is 378 g/mol. The molecule has 0 aliphatic carbocycles. The normalized spacial score (nSPS) is 13.6. The Hall–Kier alpha value is -1.74. The molecule has 0 aromatic carbocycles. The molecule has 3 rings (SSSR count). The van der Waals surface area contributed by atoms with Crippen molar-refractivity contribution in [1.82, 2.24) is 25.1 Å². The second-order valence-corrected chi connectivity index (χ2v) is 8.47. The van der Waals surface area contributed by atoms with Crippen LogP contribution in [-0.4, -0.2) is 49.8 Å². The van der Waals surface area contributed by atoms with Crippen LogP contribution in [0.1, 0.15) is 35.4 Å². The molecule has 0 radical (unpaired) electrons. The van der Waals surface area contributed by atoms with Crippen LogP contribution in [0, 0.1) is 13.8 Å². The smallest absolute Gasteiger partial charge is 0.219 e. The van der Waals surface area contributed by atoms with Crippen molar-refractivity contribution >= 4 is 34.8 Å². The third-order valence-electron chi connectivity index (χ3n) is 3.97. The molecule has 7 nitrogen and oxygen atoms in total. The lowest BCUT2D eigenvalue weighted by Crippen LogP contribution is -2.35. The quantitative estimate of drug-likeness (QED) is 0.610. The van der Waals surface area contributed by atoms with Crippen LogP contribution in [0.2, 0.25) is 0 Å². The highest BCUT2D eigenvalue weighted by atomic mass is 32.2. The van der Waals surface area contributed by atoms with Gasteiger partial charge in [-0.1, -0.05) is 23.1 Å². The number of fused-ring (bicyclic) bond motifs is 1. The van der Waals surface area contributed by atoms with Crippen molar-refractivity contribution in [3.63, 3.8) is 0 Å². The maximum absolute atomic E-state index is 11.6. The maximum Gasteiger partial charge on any atom is 0.219 e. The van der Waals surface area contributed by atoms with Crippen molar-refractivity contribution < 1.29 is 4.79 Å². The van der Waals surface area contributed by atoms with Gasteiger partial charge in [0.2, 0.25) is 5.91 Å². The van der Waals surface area contributed by atoms with Gasteiger partial charge in [-0.3, -0.25) is 4.79 Å². The van der Waals surface area contributed by atoms with E-state index >= 15 is 0 Å². The van der Waals surface area contributed by atoms with Crippen molar-refractivity contribution in [3.05, 3.63) is 22.1 Å². The second-order valence-electron chi connectivity index (χ2n) is 5.95. The molecule has 0 atom stereocenters. The number of rotatable bonds is 6. The van der Waals surface area contributed by atoms with Gasteiger partial charge in [-0.05, 0) is 26.7 Å². The molecular weight excluding hydrogens is 356 g/mol. The number of aryl methyl sites for hydroxylation is 2. The average Bonchev–Trinajstić information content (AvgIpc) is 2.99. The summed E-state index contributed by atoms with van der Waals surface area (Å²) < 4.78 is 1.03. The molecule has 0 saturated heterocycles. The summed E-state index contributed by atoms with van der Waals surface area (Å²) in [5.74, 6) is 2.75. The van der Waals surface area contributed by atoms with Gasteiger partial charge in [0, 0.05) is 31.3 Å². The van der Waals surface area contributed by atoms with Crippen molar-refractivity contribution in [3.8, 4) is 0 Å². The van der Waals surface area contributed by atoms with Crippen LogP contribution in [0.5, 0.6) is 0 Å². The van der Waals surface area contributed by atoms with E-state index < -0.39 is 0 Å². The minimum atomic E-state index is 0.0976. The van der Waals surface area contributed by atoms with Crippen LogP contribution in [0.3, 0.4) is 0 Å². The number of nitrogens with zero attached hydrogens (tertiary/aromatic N) is 5. The van der Waals surface area contributed by atoms with Crippen LogP contribution >= 0.6 is 23.1 Å². The Balaban J connectivity index is 1.55. The fraction of sp³-hybridized carbons (Fsp3) is 0.562. The highest BCUT2D eigenvalue weighted by Gasteiger charge is 2.22. The molecule has 1 amide bonds. The van der Waals surface area contributed by atoms with Gasteiger partial charge in [0.25, 0.3) is 0 Å². The van der Waals surface area contributed by atoms with E-state index in [4.69, 9.17) is 0 Å². The minimum absolute atomic E-state index is 0.0976. The van der Waals surface area contributed by atoms with Crippen molar-refractivity contribution in [1.29, 1.82) is 0 Å². The lowest BCUT2D eigenvalue weighted by Gasteiger charge is -2.28. The van der Waals surface area contributed by atoms with Crippen molar-refractivity contribution in [2.24, 2.45) is 0 Å². The zero-order chi connectivity index (χ0) is 17.8. The maximum atomic E-state index is 11.6. The number of carbonyl (C=O) groups excluding carboxylic acids is 1. The summed E-state index contributed by atoms with van der Waals surface area (Å²) in [6.07, 6.45) is 1.82. The fourth-order valence-electron chi connectivity index (χ4n) is 2.74. The molecule has 0 unspecified atom stereocenters. The predicted octanol–water partition coefficient (Wildman–Crippen LogP) is 2.44. The second kappa shape index (κ2) is 8.09. The molecule has 1 N–H and O–H groups in total. The third kappa shape index (κ3) is 4.66. The summed E-state index contributed by atoms with van der Waals surface area (Å²) in [6, 6.07) is 0. The van der Waals surface area contributed by atoms with E-state index in [0.29, 0.717) is 6.54 Å². The standard InChI is InChI=1S/C16H22N6OS2/c1-10-18-14-9-22(12(3)23)7-5-13(14)15(19-10)17-6-4-8-24-16-21-20-11(2)25-16/h4-9H2,1-3H3,(H,17,18,19). The highest BCUT2D eigenvalue weighted by Crippen LogP contribution is 2.25. The predicted molar refractivity (Wildman–Crippen MR) is 100 cm³/mol. The first-order valence-electron chi connectivity index (χ1n) is 8.31. The Bertz CT molecular complexity index is 763. The molecule has 134 valence electrons. The largest absolute Gasteiger partial charge is 0.370 e. The molecule has 1 aliphatic rings. The van der Waals surface area contributed by atoms with E-state index in [0.717, 1.165) is 63.9 Å². The number of amides is 1. The van der Waals surface area contributed by atoms with E-state index in [1.807, 2.05) is 18.7 Å². The van der Waals surface area contributed by atoms with Crippen LogP contribution in [-0.2, 0) is 17.8 Å². The van der Waals surface area contributed by atoms with E-state index in [1.54, 1.807) is 30.0 Å². The van der Waals surface area contributed by atoms with Gasteiger partial charge in [0.15, 0.2) is 4.34 Å². The first-order valence-corrected chi connectivity index (χ1v) is 10.1. The van der Waals surface area contributed by atoms with E-state index in [-0.39, 0.29) is 5.91 Å². The first kappa shape index (κ1) is 18.1. The van der Waals surface area contributed by atoms with Gasteiger partial charge in [-0.15, -0.1) is 10.2 Å². The number of thioether (sulfide) groups is 1. The summed E-state index contributed by atoms with van der Waals surface area (Å²) in [7, 11) is 0. The van der Waals surface area contributed by atoms with Crippen LogP contribution in [0.15, 0.2) is 4.34 Å².